The normalized spacial score (nSPS) is 14.6. The molecule has 0 aliphatic rings. The molecular weight excluding hydrogens is 139 g/mol. The first-order chi connectivity index (χ1) is 4.21. The van der Waals surface area contributed by atoms with Gasteiger partial charge in [-0.25, -0.2) is 0 Å². The van der Waals surface area contributed by atoms with Crippen LogP contribution in [0.5, 0.6) is 0 Å². The summed E-state index contributed by atoms with van der Waals surface area (Å²) < 4.78 is 0. The van der Waals surface area contributed by atoms with Crippen LogP contribution in [0.2, 0.25) is 0 Å². The molecule has 0 saturated heterocycles. The highest BCUT2D eigenvalue weighted by Crippen LogP contribution is 2.24. The third kappa shape index (κ3) is 8.17. The summed E-state index contributed by atoms with van der Waals surface area (Å²) in [4.78, 5) is 0. The minimum absolute atomic E-state index is 0.370. The van der Waals surface area contributed by atoms with Crippen molar-refractivity contribution in [1.82, 2.24) is 0 Å². The van der Waals surface area contributed by atoms with Gasteiger partial charge in [0.1, 0.15) is 0 Å². The molecule has 0 N–H and O–H groups in total. The van der Waals surface area contributed by atoms with E-state index in [9.17, 15) is 0 Å². The molecule has 0 spiro atoms. The summed E-state index contributed by atoms with van der Waals surface area (Å²) in [5, 5.41) is 0.424. The molecule has 0 bridgehead atoms. The lowest BCUT2D eigenvalue weighted by Gasteiger charge is -2.16. The smallest absolute Gasteiger partial charge is 0.00345 e. The highest BCUT2D eigenvalue weighted by molar-refractivity contribution is 7.40. The van der Waals surface area contributed by atoms with Crippen LogP contribution in [0.25, 0.3) is 0 Å². The number of hydrogen-bond donors (Lipinski definition) is 0. The maximum absolute atomic E-state index is 2.37. The summed E-state index contributed by atoms with van der Waals surface area (Å²) >= 11 is 0. The van der Waals surface area contributed by atoms with E-state index in [4.69, 9.17) is 0 Å². The molecule has 0 amide bonds. The highest BCUT2D eigenvalue weighted by atomic mass is 31.1. The van der Waals surface area contributed by atoms with Gasteiger partial charge < -0.3 is 0 Å². The Morgan fingerprint density at radius 1 is 0.900 bits per heavy atom. The van der Waals surface area contributed by atoms with Crippen LogP contribution in [0.15, 0.2) is 0 Å². The molecule has 10 heavy (non-hydrogen) atoms. The summed E-state index contributed by atoms with van der Waals surface area (Å²) in [7, 11) is 1.44. The monoisotopic (exact) mass is 158 g/mol. The van der Waals surface area contributed by atoms with Gasteiger partial charge in [-0.05, 0) is 5.41 Å². The van der Waals surface area contributed by atoms with E-state index < -0.39 is 0 Å². The van der Waals surface area contributed by atoms with Gasteiger partial charge in [0.15, 0.2) is 0 Å². The number of rotatable bonds is 0. The fourth-order valence-corrected chi connectivity index (χ4v) is 1.16. The van der Waals surface area contributed by atoms with Crippen LogP contribution in [-0.2, 0) is 0 Å². The van der Waals surface area contributed by atoms with Crippen molar-refractivity contribution in [2.24, 2.45) is 5.41 Å². The van der Waals surface area contributed by atoms with Crippen LogP contribution >= 0.6 is 8.20 Å². The molecule has 1 heteroatoms. The zero-order valence-electron chi connectivity index (χ0n) is 8.02. The molecule has 0 fully saturated rings. The van der Waals surface area contributed by atoms with E-state index >= 15 is 0 Å². The largest absolute Gasteiger partial charge is 0.102 e. The molecule has 0 unspecified atom stereocenters. The first-order valence-electron chi connectivity index (χ1n) is 3.77. The van der Waals surface area contributed by atoms with Gasteiger partial charge in [0.05, 0.1) is 0 Å². The molecule has 0 radical (unpaired) electrons. The van der Waals surface area contributed by atoms with Crippen molar-refractivity contribution in [3.63, 3.8) is 0 Å². The van der Waals surface area contributed by atoms with Gasteiger partial charge in [0.25, 0.3) is 0 Å². The quantitative estimate of drug-likeness (QED) is 0.473. The second kappa shape index (κ2) is 3.05. The molecule has 0 nitrogen and oxygen atoms in total. The fourth-order valence-electron chi connectivity index (χ4n) is 0.387. The van der Waals surface area contributed by atoms with E-state index in [2.05, 4.69) is 47.3 Å². The Bertz CT molecular complexity index is 105. The zero-order valence-corrected chi connectivity index (χ0v) is 8.92. The van der Waals surface area contributed by atoms with Crippen LogP contribution < -0.4 is 0 Å². The predicted octanol–water partition coefficient (Wildman–Crippen LogP) is 3.58. The van der Waals surface area contributed by atoms with Crippen LogP contribution in [-0.4, -0.2) is 11.0 Å². The first kappa shape index (κ1) is 10.2. The van der Waals surface area contributed by atoms with Crippen LogP contribution in [0, 0.1) is 5.41 Å². The van der Waals surface area contributed by atoms with E-state index in [0.717, 1.165) is 0 Å². The zero-order chi connectivity index (χ0) is 8.41. The third-order valence-electron chi connectivity index (χ3n) is 0.839. The fraction of sp³-hybridized carbons (Fsp3) is 0.889. The second-order valence-corrected chi connectivity index (χ2v) is 6.65. The van der Waals surface area contributed by atoms with Crippen molar-refractivity contribution in [3.8, 4) is 0 Å². The Balaban J connectivity index is 4.01. The maximum Gasteiger partial charge on any atom is 0.00345 e. The van der Waals surface area contributed by atoms with Crippen LogP contribution in [0.3, 0.4) is 0 Å². The molecular formula is C9H19P. The van der Waals surface area contributed by atoms with Gasteiger partial charge >= 0.3 is 0 Å². The second-order valence-electron chi connectivity index (χ2n) is 4.80. The standard InChI is InChI=1S/C9H19P/c1-8(2,3)7-10-9(4,5)6/h7H,1-6H3. The Labute approximate surface area is 66.8 Å². The van der Waals surface area contributed by atoms with Gasteiger partial charge in [-0.15, -0.1) is 8.20 Å². The van der Waals surface area contributed by atoms with E-state index in [1.54, 1.807) is 0 Å². The molecule has 0 aromatic rings. The summed E-state index contributed by atoms with van der Waals surface area (Å²) in [5.74, 6) is 2.37. The molecule has 60 valence electrons. The van der Waals surface area contributed by atoms with E-state index in [1.165, 1.54) is 8.20 Å². The predicted molar refractivity (Wildman–Crippen MR) is 52.2 cm³/mol. The van der Waals surface area contributed by atoms with Gasteiger partial charge in [0, 0.05) is 5.16 Å². The average molecular weight is 158 g/mol. The molecule has 0 atom stereocenters. The van der Waals surface area contributed by atoms with Crippen molar-refractivity contribution >= 4 is 14.0 Å². The average Bonchev–Trinajstić information content (AvgIpc) is 1.57. The maximum atomic E-state index is 2.37. The Hall–Kier alpha value is 0.170. The molecule has 0 aromatic carbocycles. The molecule has 0 rings (SSSR count). The van der Waals surface area contributed by atoms with Gasteiger partial charge in [-0.1, -0.05) is 47.3 Å². The van der Waals surface area contributed by atoms with Gasteiger partial charge in [-0.2, -0.15) is 0 Å². The molecule has 0 saturated carbocycles. The lowest BCUT2D eigenvalue weighted by molar-refractivity contribution is 0.614. The summed E-state index contributed by atoms with van der Waals surface area (Å²) in [6, 6.07) is 0. The van der Waals surface area contributed by atoms with Crippen LogP contribution in [0.1, 0.15) is 41.5 Å². The van der Waals surface area contributed by atoms with E-state index in [0.29, 0.717) is 10.6 Å². The molecule has 0 aromatic heterocycles. The lowest BCUT2D eigenvalue weighted by Crippen LogP contribution is -2.09. The first-order valence-corrected chi connectivity index (χ1v) is 4.73. The third-order valence-corrected chi connectivity index (χ3v) is 2.52. The van der Waals surface area contributed by atoms with E-state index in [-0.39, 0.29) is 0 Å². The summed E-state index contributed by atoms with van der Waals surface area (Å²) in [6.07, 6.45) is 0. The van der Waals surface area contributed by atoms with Crippen molar-refractivity contribution < 1.29 is 0 Å². The lowest BCUT2D eigenvalue weighted by atomic mass is 10.0. The van der Waals surface area contributed by atoms with Crippen molar-refractivity contribution in [1.29, 1.82) is 0 Å². The van der Waals surface area contributed by atoms with Crippen molar-refractivity contribution in [3.05, 3.63) is 0 Å². The van der Waals surface area contributed by atoms with Crippen molar-refractivity contribution in [2.75, 3.05) is 0 Å². The SMILES string of the molecule is CC(C)(C)C=PC(C)(C)C. The molecule has 0 aliphatic carbocycles. The number of hydrogen-bond acceptors (Lipinski definition) is 0. The Kier molecular flexibility index (Phi) is 3.10. The Morgan fingerprint density at radius 2 is 1.30 bits per heavy atom. The summed E-state index contributed by atoms with van der Waals surface area (Å²) in [6.45, 7) is 13.5. The van der Waals surface area contributed by atoms with Crippen LogP contribution in [0.4, 0.5) is 0 Å². The van der Waals surface area contributed by atoms with Gasteiger partial charge in [0.2, 0.25) is 0 Å². The minimum atomic E-state index is 0.370. The van der Waals surface area contributed by atoms with E-state index in [1.807, 2.05) is 0 Å². The minimum Gasteiger partial charge on any atom is -0.102 e. The summed E-state index contributed by atoms with van der Waals surface area (Å²) in [5.41, 5.74) is 0.370. The van der Waals surface area contributed by atoms with Crippen molar-refractivity contribution in [2.45, 2.75) is 46.7 Å². The molecule has 0 heterocycles. The highest BCUT2D eigenvalue weighted by Gasteiger charge is 2.09. The van der Waals surface area contributed by atoms with Gasteiger partial charge in [-0.3, -0.25) is 0 Å². The topological polar surface area (TPSA) is 0 Å². The molecule has 0 aliphatic heterocycles. The Morgan fingerprint density at radius 3 is 1.40 bits per heavy atom.